The van der Waals surface area contributed by atoms with Gasteiger partial charge in [0.1, 0.15) is 11.6 Å². The Bertz CT molecular complexity index is 1100. The van der Waals surface area contributed by atoms with E-state index in [1.54, 1.807) is 0 Å². The minimum atomic E-state index is -3.76. The van der Waals surface area contributed by atoms with Gasteiger partial charge in [-0.15, -0.1) is 0 Å². The van der Waals surface area contributed by atoms with Crippen LogP contribution in [0.2, 0.25) is 5.02 Å². The average molecular weight is 427 g/mol. The highest BCUT2D eigenvalue weighted by atomic mass is 35.5. The lowest BCUT2D eigenvalue weighted by Gasteiger charge is -2.33. The van der Waals surface area contributed by atoms with E-state index in [1.807, 2.05) is 0 Å². The van der Waals surface area contributed by atoms with Crippen molar-refractivity contribution in [3.05, 3.63) is 69.2 Å². The third kappa shape index (κ3) is 3.00. The molecule has 0 radical (unpaired) electrons. The first-order valence-corrected chi connectivity index (χ1v) is 10.7. The molecule has 2 aromatic carbocycles. The molecule has 0 bridgehead atoms. The van der Waals surface area contributed by atoms with Crippen LogP contribution >= 0.6 is 11.6 Å². The van der Waals surface area contributed by atoms with Crippen molar-refractivity contribution in [2.24, 2.45) is 5.73 Å². The first kappa shape index (κ1) is 19.3. The molecule has 0 heterocycles. The van der Waals surface area contributed by atoms with Crippen LogP contribution in [0.5, 0.6) is 0 Å². The second-order valence-corrected chi connectivity index (χ2v) is 9.56. The molecule has 2 aliphatic rings. The molecule has 1 fully saturated rings. The van der Waals surface area contributed by atoms with Crippen LogP contribution in [0.4, 0.5) is 8.78 Å². The molecular weight excluding hydrogens is 410 g/mol. The number of benzene rings is 2. The summed E-state index contributed by atoms with van der Waals surface area (Å²) in [5.74, 6) is -2.07. The second-order valence-electron chi connectivity index (χ2n) is 7.19. The first-order valence-electron chi connectivity index (χ1n) is 8.76. The van der Waals surface area contributed by atoms with Gasteiger partial charge < -0.3 is 5.73 Å². The van der Waals surface area contributed by atoms with E-state index in [-0.39, 0.29) is 29.0 Å². The summed E-state index contributed by atoms with van der Waals surface area (Å²) < 4.78 is 56.9. The number of rotatable bonds is 5. The van der Waals surface area contributed by atoms with Crippen molar-refractivity contribution in [1.82, 2.24) is 4.72 Å². The van der Waals surface area contributed by atoms with Crippen LogP contribution in [0, 0.1) is 11.6 Å². The van der Waals surface area contributed by atoms with E-state index in [1.165, 1.54) is 18.2 Å². The van der Waals surface area contributed by atoms with Crippen LogP contribution < -0.4 is 10.5 Å². The fourth-order valence-corrected chi connectivity index (χ4v) is 5.84. The van der Waals surface area contributed by atoms with Gasteiger partial charge in [-0.25, -0.2) is 21.9 Å². The summed E-state index contributed by atoms with van der Waals surface area (Å²) in [7, 11) is -3.76. The number of amides is 1. The molecule has 0 spiro atoms. The standard InChI is InChI=1S/C19H17ClF2N2O3S/c20-14-9-10(1-5-15(14)21)19(24-28(26,27)11-2-3-11)8-7-12-13(18(23)25)4-6-16(22)17(12)19/h1,4-6,9,11,24H,2-3,7-8H2,(H2,23,25). The van der Waals surface area contributed by atoms with Crippen molar-refractivity contribution >= 4 is 27.5 Å². The fourth-order valence-electron chi connectivity index (χ4n) is 3.92. The van der Waals surface area contributed by atoms with E-state index < -0.39 is 38.4 Å². The highest BCUT2D eigenvalue weighted by molar-refractivity contribution is 7.90. The molecule has 2 aliphatic carbocycles. The van der Waals surface area contributed by atoms with Gasteiger partial charge in [0.25, 0.3) is 0 Å². The van der Waals surface area contributed by atoms with E-state index in [2.05, 4.69) is 4.72 Å². The smallest absolute Gasteiger partial charge is 0.248 e. The van der Waals surface area contributed by atoms with Gasteiger partial charge in [-0.05, 0) is 61.1 Å². The third-order valence-corrected chi connectivity index (χ3v) is 7.67. The Hall–Kier alpha value is -2.03. The molecule has 1 saturated carbocycles. The van der Waals surface area contributed by atoms with Gasteiger partial charge in [0.05, 0.1) is 15.8 Å². The number of hydrogen-bond donors (Lipinski definition) is 2. The van der Waals surface area contributed by atoms with Crippen molar-refractivity contribution < 1.29 is 22.0 Å². The Morgan fingerprint density at radius 2 is 1.86 bits per heavy atom. The third-order valence-electron chi connectivity index (χ3n) is 5.40. The maximum atomic E-state index is 15.0. The predicted molar refractivity (Wildman–Crippen MR) is 101 cm³/mol. The Morgan fingerprint density at radius 3 is 2.46 bits per heavy atom. The van der Waals surface area contributed by atoms with Crippen molar-refractivity contribution in [2.75, 3.05) is 0 Å². The van der Waals surface area contributed by atoms with Gasteiger partial charge in [-0.1, -0.05) is 17.7 Å². The number of nitrogens with two attached hydrogens (primary N) is 1. The molecule has 0 aromatic heterocycles. The molecule has 5 nitrogen and oxygen atoms in total. The molecule has 2 aromatic rings. The molecule has 3 N–H and O–H groups in total. The van der Waals surface area contributed by atoms with Crippen molar-refractivity contribution in [3.8, 4) is 0 Å². The van der Waals surface area contributed by atoms with Gasteiger partial charge in [0.2, 0.25) is 15.9 Å². The number of nitrogens with one attached hydrogen (secondary N) is 1. The summed E-state index contributed by atoms with van der Waals surface area (Å²) in [6.45, 7) is 0. The van der Waals surface area contributed by atoms with E-state index >= 15 is 0 Å². The predicted octanol–water partition coefficient (Wildman–Crippen LogP) is 2.99. The number of fused-ring (bicyclic) bond motifs is 1. The highest BCUT2D eigenvalue weighted by Crippen LogP contribution is 2.47. The van der Waals surface area contributed by atoms with Gasteiger partial charge in [0.15, 0.2) is 0 Å². The molecule has 1 amide bonds. The number of carbonyl (C=O) groups excluding carboxylic acids is 1. The molecule has 28 heavy (non-hydrogen) atoms. The molecule has 9 heteroatoms. The lowest BCUT2D eigenvalue weighted by molar-refractivity contribution is 0.0999. The molecular formula is C19H17ClF2N2O3S. The normalized spacial score (nSPS) is 21.5. The first-order chi connectivity index (χ1) is 13.2. The highest BCUT2D eigenvalue weighted by Gasteiger charge is 2.49. The monoisotopic (exact) mass is 426 g/mol. The minimum Gasteiger partial charge on any atom is -0.366 e. The molecule has 0 saturated heterocycles. The van der Waals surface area contributed by atoms with Crippen molar-refractivity contribution in [1.29, 1.82) is 0 Å². The molecule has 1 atom stereocenters. The van der Waals surface area contributed by atoms with Crippen LogP contribution in [0.15, 0.2) is 30.3 Å². The Morgan fingerprint density at radius 1 is 1.18 bits per heavy atom. The van der Waals surface area contributed by atoms with Crippen LogP contribution in [0.1, 0.15) is 46.3 Å². The summed E-state index contributed by atoms with van der Waals surface area (Å²) in [4.78, 5) is 11.8. The Labute approximate surface area is 165 Å². The number of primary amides is 1. The zero-order valence-corrected chi connectivity index (χ0v) is 16.2. The quantitative estimate of drug-likeness (QED) is 0.770. The lowest BCUT2D eigenvalue weighted by atomic mass is 9.84. The van der Waals surface area contributed by atoms with Crippen molar-refractivity contribution in [3.63, 3.8) is 0 Å². The maximum Gasteiger partial charge on any atom is 0.248 e. The summed E-state index contributed by atoms with van der Waals surface area (Å²) in [5, 5.41) is -0.755. The molecule has 1 unspecified atom stereocenters. The Kier molecular flexibility index (Phi) is 4.48. The van der Waals surface area contributed by atoms with Gasteiger partial charge in [0, 0.05) is 11.1 Å². The summed E-state index contributed by atoms with van der Waals surface area (Å²) >= 11 is 5.93. The summed E-state index contributed by atoms with van der Waals surface area (Å²) in [6, 6.07) is 6.16. The largest absolute Gasteiger partial charge is 0.366 e. The topological polar surface area (TPSA) is 89.3 Å². The maximum absolute atomic E-state index is 15.0. The van der Waals surface area contributed by atoms with Gasteiger partial charge >= 0.3 is 0 Å². The summed E-state index contributed by atoms with van der Waals surface area (Å²) in [6.07, 6.45) is 1.42. The number of sulfonamides is 1. The van der Waals surface area contributed by atoms with Crippen LogP contribution in [-0.2, 0) is 22.0 Å². The van der Waals surface area contributed by atoms with Gasteiger partial charge in [-0.3, -0.25) is 4.79 Å². The average Bonchev–Trinajstić information content (AvgIpc) is 3.41. The molecule has 148 valence electrons. The number of halogens is 3. The summed E-state index contributed by atoms with van der Waals surface area (Å²) in [5.41, 5.74) is 4.76. The molecule has 0 aliphatic heterocycles. The number of carbonyl (C=O) groups is 1. The van der Waals surface area contributed by atoms with Crippen LogP contribution in [-0.4, -0.2) is 19.6 Å². The van der Waals surface area contributed by atoms with Crippen LogP contribution in [0.3, 0.4) is 0 Å². The van der Waals surface area contributed by atoms with E-state index in [9.17, 15) is 22.0 Å². The lowest BCUT2D eigenvalue weighted by Crippen LogP contribution is -2.47. The van der Waals surface area contributed by atoms with E-state index in [0.717, 1.165) is 12.1 Å². The fraction of sp³-hybridized carbons (Fsp3) is 0.316. The minimum absolute atomic E-state index is 0.0377. The second kappa shape index (κ2) is 6.50. The van der Waals surface area contributed by atoms with Crippen molar-refractivity contribution in [2.45, 2.75) is 36.5 Å². The zero-order chi connectivity index (χ0) is 20.3. The Balaban J connectivity index is 1.98. The SMILES string of the molecule is NC(=O)c1ccc(F)c2c1CCC2(NS(=O)(=O)C1CC1)c1ccc(F)c(Cl)c1. The molecule has 4 rings (SSSR count). The van der Waals surface area contributed by atoms with E-state index in [4.69, 9.17) is 17.3 Å². The zero-order valence-electron chi connectivity index (χ0n) is 14.6. The van der Waals surface area contributed by atoms with Gasteiger partial charge in [-0.2, -0.15) is 0 Å². The van der Waals surface area contributed by atoms with Crippen LogP contribution in [0.25, 0.3) is 0 Å². The van der Waals surface area contributed by atoms with E-state index in [0.29, 0.717) is 24.0 Å². The number of hydrogen-bond acceptors (Lipinski definition) is 3.